The fraction of sp³-hybridized carbons (Fsp3) is 0.438. The number of hydrogen-bond donors (Lipinski definition) is 2. The molecule has 24 heavy (non-hydrogen) atoms. The van der Waals surface area contributed by atoms with Crippen LogP contribution in [0, 0.1) is 22.5 Å². The highest BCUT2D eigenvalue weighted by atomic mass is 32.2. The minimum absolute atomic E-state index is 0.231. The van der Waals surface area contributed by atoms with Gasteiger partial charge in [0.15, 0.2) is 5.84 Å². The van der Waals surface area contributed by atoms with Gasteiger partial charge >= 0.3 is 0 Å². The Morgan fingerprint density at radius 2 is 2.33 bits per heavy atom. The van der Waals surface area contributed by atoms with Crippen LogP contribution in [0.15, 0.2) is 34.2 Å². The molecule has 0 atom stereocenters. The number of rotatable bonds is 12. The molecule has 0 radical (unpaired) electrons. The van der Waals surface area contributed by atoms with Gasteiger partial charge in [0.25, 0.3) is 6.54 Å². The van der Waals surface area contributed by atoms with Crippen LogP contribution in [0.5, 0.6) is 0 Å². The molecule has 130 valence electrons. The molecule has 0 bridgehead atoms. The van der Waals surface area contributed by atoms with Gasteiger partial charge in [-0.2, -0.15) is 11.8 Å². The second-order valence-electron chi connectivity index (χ2n) is 4.72. The lowest BCUT2D eigenvalue weighted by molar-refractivity contribution is -0.463. The van der Waals surface area contributed by atoms with Gasteiger partial charge in [0.1, 0.15) is 11.5 Å². The number of nitrogens with one attached hydrogen (secondary N) is 2. The van der Waals surface area contributed by atoms with Gasteiger partial charge in [0.05, 0.1) is 25.4 Å². The third-order valence-corrected chi connectivity index (χ3v) is 3.72. The third kappa shape index (κ3) is 9.02. The molecule has 0 saturated carbocycles. The summed E-state index contributed by atoms with van der Waals surface area (Å²) in [5, 5.41) is 16.5. The summed E-state index contributed by atoms with van der Waals surface area (Å²) >= 11 is 1.66. The van der Waals surface area contributed by atoms with Crippen LogP contribution in [0.1, 0.15) is 11.5 Å². The molecule has 7 nitrogen and oxygen atoms in total. The molecule has 0 aromatic carbocycles. The van der Waals surface area contributed by atoms with Crippen LogP contribution >= 0.6 is 11.8 Å². The van der Waals surface area contributed by atoms with Gasteiger partial charge in [-0.3, -0.25) is 15.1 Å². The largest absolute Gasteiger partial charge is 0.464 e. The highest BCUT2D eigenvalue weighted by Crippen LogP contribution is 2.15. The van der Waals surface area contributed by atoms with E-state index < -0.39 is 4.92 Å². The van der Waals surface area contributed by atoms with Crippen molar-refractivity contribution in [2.24, 2.45) is 4.99 Å². The molecule has 8 heteroatoms. The summed E-state index contributed by atoms with van der Waals surface area (Å²) in [6.07, 6.45) is 6.92. The second-order valence-corrected chi connectivity index (χ2v) is 5.82. The van der Waals surface area contributed by atoms with Crippen molar-refractivity contribution in [1.29, 1.82) is 0 Å². The smallest absolute Gasteiger partial charge is 0.259 e. The van der Waals surface area contributed by atoms with Crippen molar-refractivity contribution in [2.45, 2.75) is 12.3 Å². The van der Waals surface area contributed by atoms with E-state index in [1.54, 1.807) is 17.8 Å². The Balaban J connectivity index is 2.28. The monoisotopic (exact) mass is 350 g/mol. The summed E-state index contributed by atoms with van der Waals surface area (Å²) in [5.74, 6) is 5.94. The molecule has 1 aromatic rings. The fourth-order valence-electron chi connectivity index (χ4n) is 1.75. The molecular weight excluding hydrogens is 328 g/mol. The summed E-state index contributed by atoms with van der Waals surface area (Å²) in [4.78, 5) is 14.3. The fourth-order valence-corrected chi connectivity index (χ4v) is 2.47. The first-order chi connectivity index (χ1) is 11.7. The number of furan rings is 1. The summed E-state index contributed by atoms with van der Waals surface area (Å²) in [6.45, 7) is 5.43. The van der Waals surface area contributed by atoms with Crippen molar-refractivity contribution < 1.29 is 9.34 Å². The molecule has 0 fully saturated rings. The molecule has 1 rings (SSSR count). The van der Waals surface area contributed by atoms with Crippen molar-refractivity contribution in [1.82, 2.24) is 10.6 Å². The minimum atomic E-state index is -0.430. The maximum atomic E-state index is 10.5. The summed E-state index contributed by atoms with van der Waals surface area (Å²) in [7, 11) is 0. The van der Waals surface area contributed by atoms with Gasteiger partial charge in [-0.1, -0.05) is 12.0 Å². The summed E-state index contributed by atoms with van der Waals surface area (Å²) in [5.41, 5.74) is 0. The van der Waals surface area contributed by atoms with E-state index in [1.165, 1.54) is 0 Å². The normalized spacial score (nSPS) is 11.0. The van der Waals surface area contributed by atoms with Gasteiger partial charge in [0.2, 0.25) is 0 Å². The van der Waals surface area contributed by atoms with Gasteiger partial charge in [-0.25, -0.2) is 0 Å². The molecule has 0 aliphatic heterocycles. The first-order valence-corrected chi connectivity index (χ1v) is 8.60. The van der Waals surface area contributed by atoms with Crippen LogP contribution in [0.4, 0.5) is 0 Å². The van der Waals surface area contributed by atoms with Gasteiger partial charge in [0, 0.05) is 17.2 Å². The number of nitrogens with zero attached hydrogens (tertiary/aromatic N) is 2. The average molecular weight is 350 g/mol. The van der Waals surface area contributed by atoms with E-state index in [9.17, 15) is 10.1 Å². The van der Waals surface area contributed by atoms with E-state index in [1.807, 2.05) is 12.1 Å². The summed E-state index contributed by atoms with van der Waals surface area (Å²) < 4.78 is 5.69. The molecule has 1 heterocycles. The standard InChI is InChI=1S/C16H22N4O3S/c1-3-7-17-11-14-5-6-15(23-14)13-24-10-9-19-16(12-20(21)22)18-8-4-2/h2-3,5-6,17H,1,7-13H2,(H,18,19). The predicted molar refractivity (Wildman–Crippen MR) is 97.8 cm³/mol. The van der Waals surface area contributed by atoms with E-state index in [2.05, 4.69) is 28.1 Å². The average Bonchev–Trinajstić information content (AvgIpc) is 2.99. The van der Waals surface area contributed by atoms with Crippen molar-refractivity contribution in [2.75, 3.05) is 31.9 Å². The Bertz CT molecular complexity index is 592. The Labute approximate surface area is 146 Å². The Morgan fingerprint density at radius 3 is 3.04 bits per heavy atom. The zero-order valence-corrected chi connectivity index (χ0v) is 14.3. The highest BCUT2D eigenvalue weighted by molar-refractivity contribution is 7.98. The van der Waals surface area contributed by atoms with Crippen molar-refractivity contribution in [3.05, 3.63) is 46.4 Å². The lowest BCUT2D eigenvalue weighted by atomic mass is 10.4. The van der Waals surface area contributed by atoms with Crippen LogP contribution in [-0.4, -0.2) is 42.7 Å². The molecular formula is C16H22N4O3S. The molecule has 2 N–H and O–H groups in total. The lowest BCUT2D eigenvalue weighted by Crippen LogP contribution is -2.31. The Morgan fingerprint density at radius 1 is 1.54 bits per heavy atom. The number of thioether (sulfide) groups is 1. The molecule has 0 amide bonds. The van der Waals surface area contributed by atoms with E-state index in [-0.39, 0.29) is 13.1 Å². The van der Waals surface area contributed by atoms with Crippen LogP contribution < -0.4 is 10.6 Å². The van der Waals surface area contributed by atoms with Crippen LogP contribution in [-0.2, 0) is 12.3 Å². The highest BCUT2D eigenvalue weighted by Gasteiger charge is 2.06. The SMILES string of the molecule is C#CCNC(C[N+](=O)[O-])=NCCSCc1ccc(CNCC=C)o1. The zero-order chi connectivity index (χ0) is 17.6. The van der Waals surface area contributed by atoms with Crippen molar-refractivity contribution >= 4 is 17.6 Å². The first-order valence-electron chi connectivity index (χ1n) is 7.45. The van der Waals surface area contributed by atoms with Crippen LogP contribution in [0.2, 0.25) is 0 Å². The maximum absolute atomic E-state index is 10.5. The van der Waals surface area contributed by atoms with E-state index in [0.717, 1.165) is 29.6 Å². The number of aliphatic imine (C=N–C) groups is 1. The van der Waals surface area contributed by atoms with Gasteiger partial charge < -0.3 is 15.1 Å². The van der Waals surface area contributed by atoms with E-state index in [0.29, 0.717) is 18.9 Å². The number of terminal acetylenes is 1. The van der Waals surface area contributed by atoms with E-state index >= 15 is 0 Å². The van der Waals surface area contributed by atoms with Crippen molar-refractivity contribution in [3.63, 3.8) is 0 Å². The first kappa shape index (κ1) is 19.8. The Kier molecular flexibility index (Phi) is 10.1. The van der Waals surface area contributed by atoms with Gasteiger partial charge in [-0.15, -0.1) is 13.0 Å². The molecule has 1 aromatic heterocycles. The lowest BCUT2D eigenvalue weighted by Gasteiger charge is -2.03. The quantitative estimate of drug-likeness (QED) is 0.113. The predicted octanol–water partition coefficient (Wildman–Crippen LogP) is 1.69. The maximum Gasteiger partial charge on any atom is 0.259 e. The second kappa shape index (κ2) is 12.2. The molecule has 0 spiro atoms. The van der Waals surface area contributed by atoms with Crippen LogP contribution in [0.25, 0.3) is 0 Å². The minimum Gasteiger partial charge on any atom is -0.464 e. The summed E-state index contributed by atoms with van der Waals surface area (Å²) in [6, 6.07) is 3.90. The topological polar surface area (TPSA) is 92.7 Å². The number of amidine groups is 1. The molecule has 0 aliphatic carbocycles. The molecule has 0 aliphatic rings. The third-order valence-electron chi connectivity index (χ3n) is 2.76. The number of hydrogen-bond acceptors (Lipinski definition) is 6. The molecule has 0 saturated heterocycles. The number of nitro groups is 1. The Hall–Kier alpha value is -2.24. The van der Waals surface area contributed by atoms with Crippen molar-refractivity contribution in [3.8, 4) is 12.3 Å². The van der Waals surface area contributed by atoms with E-state index in [4.69, 9.17) is 10.8 Å². The zero-order valence-electron chi connectivity index (χ0n) is 13.5. The molecule has 0 unspecified atom stereocenters. The van der Waals surface area contributed by atoms with Crippen LogP contribution in [0.3, 0.4) is 0 Å². The van der Waals surface area contributed by atoms with Gasteiger partial charge in [-0.05, 0) is 12.1 Å².